The fourth-order valence-electron chi connectivity index (χ4n) is 2.83. The zero-order valence-electron chi connectivity index (χ0n) is 15.2. The number of nitrogens with one attached hydrogen (secondary N) is 1. The molecule has 0 fully saturated rings. The third kappa shape index (κ3) is 5.90. The van der Waals surface area contributed by atoms with Crippen LogP contribution >= 0.6 is 0 Å². The summed E-state index contributed by atoms with van der Waals surface area (Å²) in [6.07, 6.45) is -3.49. The van der Waals surface area contributed by atoms with Crippen LogP contribution in [0, 0.1) is 5.92 Å². The highest BCUT2D eigenvalue weighted by Gasteiger charge is 2.30. The molecule has 0 heterocycles. The van der Waals surface area contributed by atoms with Crippen LogP contribution in [-0.2, 0) is 23.8 Å². The van der Waals surface area contributed by atoms with Crippen molar-refractivity contribution in [1.29, 1.82) is 0 Å². The molecule has 2 aromatic rings. The van der Waals surface area contributed by atoms with E-state index in [1.54, 1.807) is 0 Å². The van der Waals surface area contributed by atoms with E-state index in [-0.39, 0.29) is 18.4 Å². The molecular weight excluding hydrogens is 339 g/mol. The average Bonchev–Trinajstić information content (AvgIpc) is 2.54. The van der Waals surface area contributed by atoms with Gasteiger partial charge in [-0.1, -0.05) is 56.3 Å². The minimum Gasteiger partial charge on any atom is -0.349 e. The van der Waals surface area contributed by atoms with Crippen molar-refractivity contribution in [1.82, 2.24) is 5.32 Å². The van der Waals surface area contributed by atoms with Gasteiger partial charge in [-0.25, -0.2) is 0 Å². The Labute approximate surface area is 152 Å². The quantitative estimate of drug-likeness (QED) is 0.739. The zero-order chi connectivity index (χ0) is 19.3. The highest BCUT2D eigenvalue weighted by Crippen LogP contribution is 2.29. The maximum absolute atomic E-state index is 12.7. The largest absolute Gasteiger partial charge is 0.416 e. The minimum atomic E-state index is -4.41. The highest BCUT2D eigenvalue weighted by atomic mass is 19.4. The predicted molar refractivity (Wildman–Crippen MR) is 96.7 cm³/mol. The molecular formula is C21H24F3NO. The van der Waals surface area contributed by atoms with E-state index in [2.05, 4.69) is 19.2 Å². The van der Waals surface area contributed by atoms with Gasteiger partial charge in [-0.05, 0) is 42.0 Å². The van der Waals surface area contributed by atoms with Gasteiger partial charge in [-0.15, -0.1) is 0 Å². The maximum Gasteiger partial charge on any atom is 0.416 e. The molecule has 0 spiro atoms. The van der Waals surface area contributed by atoms with Crippen LogP contribution in [0.3, 0.4) is 0 Å². The Balaban J connectivity index is 1.97. The number of benzene rings is 2. The van der Waals surface area contributed by atoms with Crippen molar-refractivity contribution in [2.24, 2.45) is 5.92 Å². The number of hydrogen-bond acceptors (Lipinski definition) is 1. The lowest BCUT2D eigenvalue weighted by atomic mass is 10.00. The van der Waals surface area contributed by atoms with E-state index in [0.717, 1.165) is 24.1 Å². The first-order valence-corrected chi connectivity index (χ1v) is 8.69. The van der Waals surface area contributed by atoms with E-state index < -0.39 is 11.7 Å². The Bertz CT molecular complexity index is 736. The van der Waals surface area contributed by atoms with Gasteiger partial charge >= 0.3 is 6.18 Å². The summed E-state index contributed by atoms with van der Waals surface area (Å²) in [5.74, 6) is 0.272. The highest BCUT2D eigenvalue weighted by molar-refractivity contribution is 5.79. The molecule has 0 saturated heterocycles. The second kappa shape index (κ2) is 8.39. The van der Waals surface area contributed by atoms with Gasteiger partial charge in [-0.3, -0.25) is 4.79 Å². The summed E-state index contributed by atoms with van der Waals surface area (Å²) in [6.45, 7) is 6.18. The Morgan fingerprint density at radius 1 is 1.00 bits per heavy atom. The van der Waals surface area contributed by atoms with Crippen molar-refractivity contribution in [3.63, 3.8) is 0 Å². The smallest absolute Gasteiger partial charge is 0.349 e. The van der Waals surface area contributed by atoms with Crippen molar-refractivity contribution in [3.05, 3.63) is 70.8 Å². The summed E-state index contributed by atoms with van der Waals surface area (Å²) in [5, 5.41) is 2.84. The van der Waals surface area contributed by atoms with Crippen molar-refractivity contribution in [3.8, 4) is 0 Å². The summed E-state index contributed by atoms with van der Waals surface area (Å²) < 4.78 is 38.2. The van der Waals surface area contributed by atoms with Gasteiger partial charge < -0.3 is 5.32 Å². The summed E-state index contributed by atoms with van der Waals surface area (Å²) >= 11 is 0. The number of alkyl halides is 3. The van der Waals surface area contributed by atoms with Crippen LogP contribution < -0.4 is 5.32 Å². The molecule has 26 heavy (non-hydrogen) atoms. The molecule has 2 nitrogen and oxygen atoms in total. The van der Waals surface area contributed by atoms with Crippen molar-refractivity contribution in [2.45, 2.75) is 45.8 Å². The van der Waals surface area contributed by atoms with Crippen molar-refractivity contribution >= 4 is 5.91 Å². The Morgan fingerprint density at radius 2 is 1.65 bits per heavy atom. The summed E-state index contributed by atoms with van der Waals surface area (Å²) in [6, 6.07) is 12.7. The summed E-state index contributed by atoms with van der Waals surface area (Å²) in [5.41, 5.74) is 1.81. The SMILES string of the molecule is CC(C)Cc1ccc([C@@H](C)NC(=O)Cc2cccc(C(F)(F)F)c2)cc1. The molecule has 2 aromatic carbocycles. The third-order valence-corrected chi connectivity index (χ3v) is 4.12. The van der Waals surface area contributed by atoms with Crippen LogP contribution in [0.5, 0.6) is 0 Å². The number of carbonyl (C=O) groups excluding carboxylic acids is 1. The number of halogens is 3. The summed E-state index contributed by atoms with van der Waals surface area (Å²) in [4.78, 5) is 12.2. The molecule has 0 bridgehead atoms. The van der Waals surface area contributed by atoms with Crippen LogP contribution in [0.1, 0.15) is 49.1 Å². The molecule has 5 heteroatoms. The molecule has 0 aliphatic heterocycles. The van der Waals surface area contributed by atoms with E-state index in [0.29, 0.717) is 11.5 Å². The first-order valence-electron chi connectivity index (χ1n) is 8.69. The van der Waals surface area contributed by atoms with E-state index in [9.17, 15) is 18.0 Å². The van der Waals surface area contributed by atoms with Crippen LogP contribution in [0.25, 0.3) is 0 Å². The normalized spacial score (nSPS) is 12.9. The molecule has 2 rings (SSSR count). The molecule has 140 valence electrons. The standard InChI is InChI=1S/C21H24F3NO/c1-14(2)11-16-7-9-18(10-8-16)15(3)25-20(26)13-17-5-4-6-19(12-17)21(22,23)24/h4-10,12,14-15H,11,13H2,1-3H3,(H,25,26)/t15-/m1/s1. The van der Waals surface area contributed by atoms with Gasteiger partial charge in [0.1, 0.15) is 0 Å². The Morgan fingerprint density at radius 3 is 2.23 bits per heavy atom. The molecule has 1 atom stereocenters. The third-order valence-electron chi connectivity index (χ3n) is 4.12. The Kier molecular flexibility index (Phi) is 6.46. The number of carbonyl (C=O) groups is 1. The minimum absolute atomic E-state index is 0.0836. The number of hydrogen-bond donors (Lipinski definition) is 1. The van der Waals surface area contributed by atoms with E-state index in [1.165, 1.54) is 17.7 Å². The van der Waals surface area contributed by atoms with Gasteiger partial charge in [0.05, 0.1) is 18.0 Å². The molecule has 0 aliphatic rings. The molecule has 0 aliphatic carbocycles. The Hall–Kier alpha value is -2.30. The topological polar surface area (TPSA) is 29.1 Å². The van der Waals surface area contributed by atoms with Crippen LogP contribution in [0.4, 0.5) is 13.2 Å². The molecule has 0 aromatic heterocycles. The van der Waals surface area contributed by atoms with E-state index >= 15 is 0 Å². The predicted octanol–water partition coefficient (Wildman–Crippen LogP) is 5.32. The van der Waals surface area contributed by atoms with Crippen LogP contribution in [0.2, 0.25) is 0 Å². The molecule has 0 unspecified atom stereocenters. The van der Waals surface area contributed by atoms with Crippen LogP contribution in [-0.4, -0.2) is 5.91 Å². The van der Waals surface area contributed by atoms with E-state index in [4.69, 9.17) is 0 Å². The van der Waals surface area contributed by atoms with Crippen LogP contribution in [0.15, 0.2) is 48.5 Å². The number of amides is 1. The lowest BCUT2D eigenvalue weighted by Gasteiger charge is -2.16. The second-order valence-electron chi connectivity index (χ2n) is 7.00. The fraction of sp³-hybridized carbons (Fsp3) is 0.381. The first-order chi connectivity index (χ1) is 12.1. The van der Waals surface area contributed by atoms with E-state index in [1.807, 2.05) is 31.2 Å². The molecule has 0 saturated carbocycles. The van der Waals surface area contributed by atoms with Gasteiger partial charge in [0, 0.05) is 0 Å². The summed E-state index contributed by atoms with van der Waals surface area (Å²) in [7, 11) is 0. The fourth-order valence-corrected chi connectivity index (χ4v) is 2.83. The van der Waals surface area contributed by atoms with Gasteiger partial charge in [0.25, 0.3) is 0 Å². The lowest BCUT2D eigenvalue weighted by molar-refractivity contribution is -0.137. The van der Waals surface area contributed by atoms with Gasteiger partial charge in [0.2, 0.25) is 5.91 Å². The monoisotopic (exact) mass is 363 g/mol. The first kappa shape index (κ1) is 20.0. The lowest BCUT2D eigenvalue weighted by Crippen LogP contribution is -2.28. The van der Waals surface area contributed by atoms with Crippen molar-refractivity contribution < 1.29 is 18.0 Å². The second-order valence-corrected chi connectivity index (χ2v) is 7.00. The maximum atomic E-state index is 12.7. The molecule has 0 radical (unpaired) electrons. The van der Waals surface area contributed by atoms with Gasteiger partial charge in [0.15, 0.2) is 0 Å². The van der Waals surface area contributed by atoms with Crippen molar-refractivity contribution in [2.75, 3.05) is 0 Å². The number of rotatable bonds is 6. The van der Waals surface area contributed by atoms with Gasteiger partial charge in [-0.2, -0.15) is 13.2 Å². The average molecular weight is 363 g/mol. The molecule has 1 amide bonds. The molecule has 1 N–H and O–H groups in total. The zero-order valence-corrected chi connectivity index (χ0v) is 15.2.